The molecular formula is C24H29NO5S. The number of sulfone groups is 1. The van der Waals surface area contributed by atoms with E-state index in [2.05, 4.69) is 5.48 Å². The third kappa shape index (κ3) is 4.84. The van der Waals surface area contributed by atoms with Crippen LogP contribution in [0.5, 0.6) is 0 Å². The summed E-state index contributed by atoms with van der Waals surface area (Å²) in [7, 11) is -3.63. The van der Waals surface area contributed by atoms with Crippen molar-refractivity contribution in [2.24, 2.45) is 0 Å². The predicted molar refractivity (Wildman–Crippen MR) is 119 cm³/mol. The van der Waals surface area contributed by atoms with Crippen molar-refractivity contribution in [2.75, 3.05) is 12.4 Å². The summed E-state index contributed by atoms with van der Waals surface area (Å²) in [6, 6.07) is 17.7. The Labute approximate surface area is 183 Å². The van der Waals surface area contributed by atoms with Gasteiger partial charge >= 0.3 is 0 Å². The monoisotopic (exact) mass is 443 g/mol. The van der Waals surface area contributed by atoms with Gasteiger partial charge in [-0.1, -0.05) is 61.0 Å². The largest absolute Gasteiger partial charge is 0.350 e. The molecule has 2 aliphatic heterocycles. The van der Waals surface area contributed by atoms with E-state index in [-0.39, 0.29) is 18.6 Å². The van der Waals surface area contributed by atoms with Crippen LogP contribution in [0.25, 0.3) is 11.1 Å². The zero-order chi connectivity index (χ0) is 21.7. The number of carbonyl (C=O) groups excluding carboxylic acids is 1. The molecule has 1 N–H and O–H groups in total. The smallest absolute Gasteiger partial charge is 0.265 e. The Hall–Kier alpha value is -2.22. The number of hydroxylamine groups is 1. The molecule has 31 heavy (non-hydrogen) atoms. The second kappa shape index (κ2) is 9.51. The van der Waals surface area contributed by atoms with Crippen LogP contribution in [0.4, 0.5) is 0 Å². The van der Waals surface area contributed by atoms with Gasteiger partial charge < -0.3 is 4.74 Å². The van der Waals surface area contributed by atoms with E-state index >= 15 is 0 Å². The van der Waals surface area contributed by atoms with Gasteiger partial charge in [0.1, 0.15) is 0 Å². The van der Waals surface area contributed by atoms with Crippen molar-refractivity contribution in [2.45, 2.75) is 56.0 Å². The molecule has 2 unspecified atom stereocenters. The molecule has 6 nitrogen and oxygen atoms in total. The van der Waals surface area contributed by atoms with Gasteiger partial charge in [-0.05, 0) is 42.4 Å². The Bertz CT molecular complexity index is 984. The number of hydrogen-bond donors (Lipinski definition) is 1. The van der Waals surface area contributed by atoms with Crippen LogP contribution in [0.2, 0.25) is 0 Å². The zero-order valence-electron chi connectivity index (χ0n) is 17.6. The molecule has 0 aliphatic carbocycles. The summed E-state index contributed by atoms with van der Waals surface area (Å²) in [4.78, 5) is 18.6. The van der Waals surface area contributed by atoms with Gasteiger partial charge in [-0.3, -0.25) is 4.79 Å². The summed E-state index contributed by atoms with van der Waals surface area (Å²) >= 11 is 0. The molecular weight excluding hydrogens is 414 g/mol. The first-order valence-electron chi connectivity index (χ1n) is 10.9. The number of ether oxygens (including phenoxy) is 1. The Morgan fingerprint density at radius 2 is 1.74 bits per heavy atom. The minimum absolute atomic E-state index is 0.0163. The quantitative estimate of drug-likeness (QED) is 0.687. The van der Waals surface area contributed by atoms with Crippen molar-refractivity contribution in [3.63, 3.8) is 0 Å². The fourth-order valence-corrected chi connectivity index (χ4v) is 6.52. The maximum atomic E-state index is 13.2. The molecule has 2 heterocycles. The zero-order valence-corrected chi connectivity index (χ0v) is 18.4. The van der Waals surface area contributed by atoms with Gasteiger partial charge in [-0.25, -0.2) is 18.7 Å². The molecule has 2 aliphatic rings. The van der Waals surface area contributed by atoms with Crippen molar-refractivity contribution in [1.82, 2.24) is 5.48 Å². The second-order valence-electron chi connectivity index (χ2n) is 8.36. The first-order chi connectivity index (χ1) is 15.0. The Morgan fingerprint density at radius 3 is 2.42 bits per heavy atom. The van der Waals surface area contributed by atoms with Gasteiger partial charge in [0.25, 0.3) is 5.91 Å². The molecule has 0 bridgehead atoms. The predicted octanol–water partition coefficient (Wildman–Crippen LogP) is 3.81. The molecule has 0 spiro atoms. The number of amides is 1. The molecule has 166 valence electrons. The van der Waals surface area contributed by atoms with Gasteiger partial charge in [0, 0.05) is 19.4 Å². The third-order valence-electron chi connectivity index (χ3n) is 6.22. The maximum Gasteiger partial charge on any atom is 0.265 e. The van der Waals surface area contributed by atoms with Crippen LogP contribution in [-0.4, -0.2) is 37.7 Å². The second-order valence-corrected chi connectivity index (χ2v) is 10.8. The molecule has 2 fully saturated rings. The normalized spacial score (nSPS) is 25.6. The highest BCUT2D eigenvalue weighted by atomic mass is 32.2. The minimum atomic E-state index is -3.63. The van der Waals surface area contributed by atoms with Gasteiger partial charge in [0.15, 0.2) is 20.9 Å². The number of benzene rings is 2. The standard InChI is InChI=1S/C24H29NO5S/c26-23(25-30-22-10-4-6-16-29-22)24(15-5-7-17-31(24,27)28)18-19-11-13-21(14-12-19)20-8-2-1-3-9-20/h1-3,8-9,11-14,22H,4-7,10,15-18H2,(H,25,26). The summed E-state index contributed by atoms with van der Waals surface area (Å²) in [5.41, 5.74) is 5.39. The van der Waals surface area contributed by atoms with Gasteiger partial charge in [0.05, 0.1) is 5.75 Å². The van der Waals surface area contributed by atoms with Crippen molar-refractivity contribution in [3.8, 4) is 11.1 Å². The van der Waals surface area contributed by atoms with Gasteiger partial charge in [-0.15, -0.1) is 0 Å². The minimum Gasteiger partial charge on any atom is -0.350 e. The van der Waals surface area contributed by atoms with Crippen LogP contribution in [-0.2, 0) is 30.6 Å². The summed E-state index contributed by atoms with van der Waals surface area (Å²) in [5, 5.41) is 0. The Morgan fingerprint density at radius 1 is 1.00 bits per heavy atom. The lowest BCUT2D eigenvalue weighted by atomic mass is 9.91. The molecule has 2 atom stereocenters. The molecule has 2 aromatic carbocycles. The van der Waals surface area contributed by atoms with Crippen molar-refractivity contribution >= 4 is 15.7 Å². The van der Waals surface area contributed by atoms with Crippen LogP contribution in [0.1, 0.15) is 44.1 Å². The van der Waals surface area contributed by atoms with Gasteiger partial charge in [0.2, 0.25) is 0 Å². The molecule has 0 aromatic heterocycles. The topological polar surface area (TPSA) is 81.7 Å². The SMILES string of the molecule is O=C(NOC1CCCCO1)C1(Cc2ccc(-c3ccccc3)cc2)CCCCS1(=O)=O. The van der Waals surface area contributed by atoms with Crippen LogP contribution in [0.15, 0.2) is 54.6 Å². The molecule has 4 rings (SSSR count). The maximum absolute atomic E-state index is 13.2. The summed E-state index contributed by atoms with van der Waals surface area (Å²) < 4.78 is 30.3. The van der Waals surface area contributed by atoms with Crippen LogP contribution in [0.3, 0.4) is 0 Å². The first kappa shape index (κ1) is 22.0. The van der Waals surface area contributed by atoms with E-state index < -0.39 is 26.8 Å². The van der Waals surface area contributed by atoms with Crippen LogP contribution < -0.4 is 5.48 Å². The summed E-state index contributed by atoms with van der Waals surface area (Å²) in [6.07, 6.45) is 3.77. The number of carbonyl (C=O) groups is 1. The number of rotatable bonds is 6. The summed E-state index contributed by atoms with van der Waals surface area (Å²) in [5.74, 6) is -0.573. The van der Waals surface area contributed by atoms with Crippen LogP contribution >= 0.6 is 0 Å². The Kier molecular flexibility index (Phi) is 6.74. The number of hydrogen-bond acceptors (Lipinski definition) is 5. The molecule has 2 saturated heterocycles. The first-order valence-corrected chi connectivity index (χ1v) is 12.6. The lowest BCUT2D eigenvalue weighted by molar-refractivity contribution is -0.201. The third-order valence-corrected chi connectivity index (χ3v) is 8.78. The molecule has 0 radical (unpaired) electrons. The average Bonchev–Trinajstić information content (AvgIpc) is 2.80. The average molecular weight is 444 g/mol. The van der Waals surface area contributed by atoms with E-state index in [0.717, 1.165) is 29.5 Å². The van der Waals surface area contributed by atoms with Crippen molar-refractivity contribution in [3.05, 3.63) is 60.2 Å². The highest BCUT2D eigenvalue weighted by molar-refractivity contribution is 7.93. The molecule has 0 saturated carbocycles. The lowest BCUT2D eigenvalue weighted by Crippen LogP contribution is -2.57. The molecule has 1 amide bonds. The van der Waals surface area contributed by atoms with E-state index in [1.165, 1.54) is 0 Å². The van der Waals surface area contributed by atoms with Gasteiger partial charge in [-0.2, -0.15) is 0 Å². The lowest BCUT2D eigenvalue weighted by Gasteiger charge is -2.35. The van der Waals surface area contributed by atoms with E-state index in [9.17, 15) is 13.2 Å². The molecule has 2 aromatic rings. The van der Waals surface area contributed by atoms with Crippen LogP contribution in [0, 0.1) is 0 Å². The van der Waals surface area contributed by atoms with E-state index in [1.54, 1.807) is 0 Å². The Balaban J connectivity index is 1.54. The van der Waals surface area contributed by atoms with E-state index in [1.807, 2.05) is 54.6 Å². The number of nitrogens with one attached hydrogen (secondary N) is 1. The van der Waals surface area contributed by atoms with Crippen molar-refractivity contribution in [1.29, 1.82) is 0 Å². The van der Waals surface area contributed by atoms with E-state index in [4.69, 9.17) is 9.57 Å². The fraction of sp³-hybridized carbons (Fsp3) is 0.458. The van der Waals surface area contributed by atoms with E-state index in [0.29, 0.717) is 25.9 Å². The fourth-order valence-electron chi connectivity index (χ4n) is 4.38. The summed E-state index contributed by atoms with van der Waals surface area (Å²) in [6.45, 7) is 0.581. The highest BCUT2D eigenvalue weighted by Gasteiger charge is 2.52. The molecule has 7 heteroatoms. The highest BCUT2D eigenvalue weighted by Crippen LogP contribution is 2.35. The van der Waals surface area contributed by atoms with Crippen molar-refractivity contribution < 1.29 is 22.8 Å².